The molecule has 1 aromatic heterocycles. The maximum absolute atomic E-state index is 15.0. The molecule has 41 heavy (non-hydrogen) atoms. The summed E-state index contributed by atoms with van der Waals surface area (Å²) in [5.74, 6) is -7.34. The van der Waals surface area contributed by atoms with Crippen molar-refractivity contribution in [3.05, 3.63) is 54.4 Å². The average molecular weight is 601 g/mol. The number of hydrogen-bond acceptors (Lipinski definition) is 6. The normalized spacial score (nSPS) is 20.4. The molecule has 228 valence electrons. The Morgan fingerprint density at radius 3 is 1.95 bits per heavy atom. The lowest BCUT2D eigenvalue weighted by Gasteiger charge is -2.46. The van der Waals surface area contributed by atoms with Crippen molar-refractivity contribution in [2.75, 3.05) is 38.2 Å². The molecule has 1 atom stereocenters. The molecule has 0 bridgehead atoms. The van der Waals surface area contributed by atoms with Crippen LogP contribution < -0.4 is 9.64 Å². The molecule has 3 heterocycles. The zero-order valence-electron chi connectivity index (χ0n) is 21.6. The maximum Gasteiger partial charge on any atom is 0.490 e. The molecule has 2 fully saturated rings. The minimum atomic E-state index is -5.08. The third kappa shape index (κ3) is 9.43. The molecule has 2 aliphatic heterocycles. The summed E-state index contributed by atoms with van der Waals surface area (Å²) in [5, 5.41) is 14.2. The van der Waals surface area contributed by atoms with E-state index in [9.17, 15) is 35.1 Å². The van der Waals surface area contributed by atoms with Gasteiger partial charge in [0, 0.05) is 45.3 Å². The van der Waals surface area contributed by atoms with Gasteiger partial charge in [-0.05, 0) is 36.2 Å². The van der Waals surface area contributed by atoms with Gasteiger partial charge >= 0.3 is 24.3 Å². The van der Waals surface area contributed by atoms with Gasteiger partial charge in [-0.1, -0.05) is 12.1 Å². The summed E-state index contributed by atoms with van der Waals surface area (Å²) in [6.45, 7) is 2.56. The van der Waals surface area contributed by atoms with E-state index in [1.54, 1.807) is 19.5 Å². The molecule has 2 N–H and O–H groups in total. The monoisotopic (exact) mass is 601 g/mol. The van der Waals surface area contributed by atoms with Crippen molar-refractivity contribution in [2.24, 2.45) is 5.41 Å². The van der Waals surface area contributed by atoms with Gasteiger partial charge in [0.05, 0.1) is 24.4 Å². The number of methoxy groups -OCH3 is 1. The number of ether oxygens (including phenoxy) is 1. The number of carbonyl (C=O) groups is 2. The molecule has 4 rings (SSSR count). The Morgan fingerprint density at radius 1 is 0.927 bits per heavy atom. The number of rotatable bonds is 4. The van der Waals surface area contributed by atoms with Crippen molar-refractivity contribution >= 4 is 17.6 Å². The van der Waals surface area contributed by atoms with E-state index in [-0.39, 0.29) is 6.42 Å². The van der Waals surface area contributed by atoms with E-state index < -0.39 is 35.6 Å². The number of hydrogen-bond donors (Lipinski definition) is 2. The van der Waals surface area contributed by atoms with Crippen LogP contribution in [0, 0.1) is 5.41 Å². The number of aliphatic carboxylic acids is 2. The zero-order valence-corrected chi connectivity index (χ0v) is 21.6. The molecule has 2 saturated heterocycles. The summed E-state index contributed by atoms with van der Waals surface area (Å²) in [4.78, 5) is 26.2. The highest BCUT2D eigenvalue weighted by molar-refractivity contribution is 5.73. The number of aromatic nitrogens is 1. The first-order chi connectivity index (χ1) is 18.9. The predicted octanol–water partition coefficient (Wildman–Crippen LogP) is 5.09. The molecule has 0 saturated carbocycles. The quantitative estimate of drug-likeness (QED) is 0.468. The van der Waals surface area contributed by atoms with Crippen LogP contribution in [0.1, 0.15) is 18.4 Å². The standard InChI is InChI=1S/C21H25F2N3O.2C2HF3O2/c1-27-19-6-4-17(5-7-19)14-25-11-9-21(22,23)20(15-25)8-12-26(16-20)18-3-2-10-24-13-18;2*3-2(4,5)1(6)7/h2-7,10,13H,8-9,11-12,14-16H2,1H3;2*(H,6,7). The van der Waals surface area contributed by atoms with Crippen LogP contribution in [0.15, 0.2) is 48.8 Å². The summed E-state index contributed by atoms with van der Waals surface area (Å²) in [6.07, 6.45) is -6.27. The van der Waals surface area contributed by atoms with Gasteiger partial charge in [0.15, 0.2) is 0 Å². The highest BCUT2D eigenvalue weighted by atomic mass is 19.4. The van der Waals surface area contributed by atoms with Crippen LogP contribution in [-0.4, -0.2) is 83.6 Å². The summed E-state index contributed by atoms with van der Waals surface area (Å²) in [6, 6.07) is 11.7. The van der Waals surface area contributed by atoms with Gasteiger partial charge < -0.3 is 19.8 Å². The molecule has 0 aliphatic carbocycles. The fourth-order valence-corrected chi connectivity index (χ4v) is 4.37. The van der Waals surface area contributed by atoms with Crippen molar-refractivity contribution in [1.29, 1.82) is 0 Å². The number of halogens is 8. The van der Waals surface area contributed by atoms with Crippen LogP contribution in [0.2, 0.25) is 0 Å². The van der Waals surface area contributed by atoms with Gasteiger partial charge in [-0.2, -0.15) is 26.3 Å². The number of benzene rings is 1. The van der Waals surface area contributed by atoms with Crippen molar-refractivity contribution in [2.45, 2.75) is 37.7 Å². The molecular formula is C25H27F8N3O5. The van der Waals surface area contributed by atoms with E-state index in [4.69, 9.17) is 24.5 Å². The topological polar surface area (TPSA) is 103 Å². The average Bonchev–Trinajstić information content (AvgIpc) is 3.33. The van der Waals surface area contributed by atoms with Crippen LogP contribution in [0.3, 0.4) is 0 Å². The largest absolute Gasteiger partial charge is 0.497 e. The maximum atomic E-state index is 15.0. The van der Waals surface area contributed by atoms with Crippen LogP contribution in [0.4, 0.5) is 40.8 Å². The number of carboxylic acid groups (broad SMARTS) is 2. The van der Waals surface area contributed by atoms with Gasteiger partial charge in [0.2, 0.25) is 0 Å². The molecule has 1 spiro atoms. The fourth-order valence-electron chi connectivity index (χ4n) is 4.37. The molecule has 0 radical (unpaired) electrons. The Hall–Kier alpha value is -3.69. The minimum Gasteiger partial charge on any atom is -0.497 e. The molecule has 1 unspecified atom stereocenters. The third-order valence-electron chi connectivity index (χ3n) is 6.46. The first kappa shape index (κ1) is 33.5. The summed E-state index contributed by atoms with van der Waals surface area (Å²) in [5.41, 5.74) is 1.06. The lowest BCUT2D eigenvalue weighted by Crippen LogP contribution is -2.56. The fraction of sp³-hybridized carbons (Fsp3) is 0.480. The number of piperidine rings is 1. The van der Waals surface area contributed by atoms with Crippen molar-refractivity contribution in [1.82, 2.24) is 9.88 Å². The number of pyridine rings is 1. The highest BCUT2D eigenvalue weighted by Crippen LogP contribution is 2.50. The van der Waals surface area contributed by atoms with Crippen LogP contribution >= 0.6 is 0 Å². The van der Waals surface area contributed by atoms with Crippen molar-refractivity contribution in [3.63, 3.8) is 0 Å². The number of anilines is 1. The lowest BCUT2D eigenvalue weighted by atomic mass is 9.75. The van der Waals surface area contributed by atoms with Gasteiger partial charge in [-0.15, -0.1) is 0 Å². The summed E-state index contributed by atoms with van der Waals surface area (Å²) < 4.78 is 98.6. The Kier molecular flexibility index (Phi) is 10.9. The lowest BCUT2D eigenvalue weighted by molar-refractivity contribution is -0.193. The smallest absolute Gasteiger partial charge is 0.490 e. The molecule has 16 heteroatoms. The second-order valence-corrected chi connectivity index (χ2v) is 9.28. The van der Waals surface area contributed by atoms with E-state index in [0.717, 1.165) is 17.0 Å². The van der Waals surface area contributed by atoms with Crippen LogP contribution in [-0.2, 0) is 16.1 Å². The Bertz CT molecular complexity index is 1120. The highest BCUT2D eigenvalue weighted by Gasteiger charge is 2.59. The summed E-state index contributed by atoms with van der Waals surface area (Å²) >= 11 is 0. The molecule has 0 amide bonds. The summed E-state index contributed by atoms with van der Waals surface area (Å²) in [7, 11) is 1.64. The van der Waals surface area contributed by atoms with Crippen LogP contribution in [0.25, 0.3) is 0 Å². The number of carboxylic acids is 2. The molecule has 2 aromatic rings. The first-order valence-electron chi connectivity index (χ1n) is 11.9. The molecule has 1 aromatic carbocycles. The predicted molar refractivity (Wildman–Crippen MR) is 129 cm³/mol. The van der Waals surface area contributed by atoms with Crippen molar-refractivity contribution in [3.8, 4) is 5.75 Å². The Balaban J connectivity index is 0.000000349. The van der Waals surface area contributed by atoms with Crippen molar-refractivity contribution < 1.29 is 59.7 Å². The van der Waals surface area contributed by atoms with E-state index in [1.165, 1.54) is 0 Å². The number of nitrogens with zero attached hydrogens (tertiary/aromatic N) is 3. The first-order valence-corrected chi connectivity index (χ1v) is 11.9. The Morgan fingerprint density at radius 2 is 1.49 bits per heavy atom. The number of alkyl halides is 8. The molecule has 8 nitrogen and oxygen atoms in total. The van der Waals surface area contributed by atoms with Gasteiger partial charge in [0.1, 0.15) is 5.75 Å². The van der Waals surface area contributed by atoms with E-state index in [2.05, 4.69) is 14.8 Å². The van der Waals surface area contributed by atoms with Gasteiger partial charge in [0.25, 0.3) is 5.92 Å². The van der Waals surface area contributed by atoms with Gasteiger partial charge in [-0.3, -0.25) is 9.88 Å². The van der Waals surface area contributed by atoms with Gasteiger partial charge in [-0.25, -0.2) is 18.4 Å². The SMILES string of the molecule is COc1ccc(CN2CCC(F)(F)C3(CCN(c4cccnc4)C3)C2)cc1.O=C(O)C(F)(F)F.O=C(O)C(F)(F)F. The van der Waals surface area contributed by atoms with E-state index in [1.807, 2.05) is 36.4 Å². The zero-order chi connectivity index (χ0) is 31.1. The minimum absolute atomic E-state index is 0.0793. The second-order valence-electron chi connectivity index (χ2n) is 9.28. The van der Waals surface area contributed by atoms with E-state index >= 15 is 0 Å². The third-order valence-corrected chi connectivity index (χ3v) is 6.46. The molecule has 2 aliphatic rings. The van der Waals surface area contributed by atoms with E-state index in [0.29, 0.717) is 39.1 Å². The Labute approximate surface area is 229 Å². The second kappa shape index (κ2) is 13.3. The van der Waals surface area contributed by atoms with Crippen LogP contribution in [0.5, 0.6) is 5.75 Å². The molecular weight excluding hydrogens is 574 g/mol. The number of likely N-dealkylation sites (tertiary alicyclic amines) is 1.